The number of likely N-dealkylation sites (tertiary alicyclic amines) is 1. The van der Waals surface area contributed by atoms with Gasteiger partial charge in [0.05, 0.1) is 35.8 Å². The first kappa shape index (κ1) is 26.3. The van der Waals surface area contributed by atoms with Gasteiger partial charge in [-0.15, -0.1) is 24.9 Å². The third-order valence-electron chi connectivity index (χ3n) is 8.63. The van der Waals surface area contributed by atoms with Gasteiger partial charge in [0.15, 0.2) is 0 Å². The van der Waals surface area contributed by atoms with Gasteiger partial charge in [0.25, 0.3) is 0 Å². The van der Waals surface area contributed by atoms with E-state index in [0.29, 0.717) is 19.4 Å². The molecule has 0 radical (unpaired) electrons. The summed E-state index contributed by atoms with van der Waals surface area (Å²) in [6, 6.07) is -1.09. The highest BCUT2D eigenvalue weighted by Gasteiger charge is 2.78. The van der Waals surface area contributed by atoms with Crippen molar-refractivity contribution in [3.05, 3.63) is 25.3 Å². The summed E-state index contributed by atoms with van der Waals surface area (Å²) < 4.78 is 4.44. The van der Waals surface area contributed by atoms with Gasteiger partial charge in [-0.1, -0.05) is 31.4 Å². The van der Waals surface area contributed by atoms with Crippen LogP contribution in [-0.2, 0) is 19.1 Å². The fraction of sp³-hybridized carbons (Fsp3) is 0.741. The summed E-state index contributed by atoms with van der Waals surface area (Å²) in [7, 11) is 0. The number of hydrogen-bond donors (Lipinski definition) is 1. The van der Waals surface area contributed by atoms with Crippen LogP contribution in [-0.4, -0.2) is 80.1 Å². The monoisotopic (exact) mass is 504 g/mol. The van der Waals surface area contributed by atoms with Crippen molar-refractivity contribution in [1.29, 1.82) is 0 Å². The lowest BCUT2D eigenvalue weighted by atomic mass is 9.66. The van der Waals surface area contributed by atoms with Gasteiger partial charge >= 0.3 is 5.97 Å². The van der Waals surface area contributed by atoms with Crippen molar-refractivity contribution in [2.24, 2.45) is 11.8 Å². The van der Waals surface area contributed by atoms with Gasteiger partial charge in [-0.2, -0.15) is 0 Å². The zero-order valence-corrected chi connectivity index (χ0v) is 21.9. The molecule has 3 saturated heterocycles. The molecule has 3 heterocycles. The van der Waals surface area contributed by atoms with Crippen LogP contribution in [0, 0.1) is 11.8 Å². The van der Waals surface area contributed by atoms with Crippen LogP contribution >= 0.6 is 11.8 Å². The number of nitrogens with zero attached hydrogens (tertiary/aromatic N) is 2. The van der Waals surface area contributed by atoms with E-state index < -0.39 is 33.4 Å². The number of fused-ring (bicyclic) bond motifs is 1. The second-order valence-electron chi connectivity index (χ2n) is 10.8. The van der Waals surface area contributed by atoms with Crippen LogP contribution in [0.1, 0.15) is 65.2 Å². The van der Waals surface area contributed by atoms with Crippen molar-refractivity contribution >= 4 is 29.5 Å². The summed E-state index contributed by atoms with van der Waals surface area (Å²) in [6.07, 6.45) is 10.7. The Morgan fingerprint density at radius 3 is 2.60 bits per heavy atom. The Kier molecular flexibility index (Phi) is 7.72. The Balaban J connectivity index is 1.73. The van der Waals surface area contributed by atoms with Gasteiger partial charge in [-0.25, -0.2) is 0 Å². The highest BCUT2D eigenvalue weighted by molar-refractivity contribution is 8.02. The van der Waals surface area contributed by atoms with Crippen LogP contribution in [0.4, 0.5) is 0 Å². The molecule has 4 fully saturated rings. The zero-order valence-electron chi connectivity index (χ0n) is 21.1. The summed E-state index contributed by atoms with van der Waals surface area (Å²) in [4.78, 5) is 45.2. The number of thioether (sulfide) groups is 1. The van der Waals surface area contributed by atoms with Crippen LogP contribution in [0.2, 0.25) is 0 Å². The van der Waals surface area contributed by atoms with Gasteiger partial charge in [-0.3, -0.25) is 14.4 Å². The van der Waals surface area contributed by atoms with Gasteiger partial charge in [0.2, 0.25) is 11.8 Å². The maximum absolute atomic E-state index is 14.4. The van der Waals surface area contributed by atoms with Crippen LogP contribution < -0.4 is 0 Å². The maximum Gasteiger partial charge on any atom is 0.311 e. The molecule has 3 aliphatic heterocycles. The average molecular weight is 505 g/mol. The van der Waals surface area contributed by atoms with Crippen molar-refractivity contribution in [2.75, 3.05) is 19.8 Å². The summed E-state index contributed by atoms with van der Waals surface area (Å²) in [5.41, 5.74) is 0. The third-order valence-corrected chi connectivity index (χ3v) is 10.6. The molecule has 194 valence electrons. The number of aliphatic hydroxyl groups excluding tert-OH is 1. The number of carbonyl (C=O) groups excluding carboxylic acids is 3. The number of hydrogen-bond acceptors (Lipinski definition) is 6. The topological polar surface area (TPSA) is 87.1 Å². The summed E-state index contributed by atoms with van der Waals surface area (Å²) in [5, 5.41) is 10.1. The standard InChI is InChI=1S/C27H40N2O5S/c1-5-7-16-34-25(33)21-20-23(31)29(18(3)17-30)22(27(20)14-13-26(21,4)35-27)24(32)28(15-6-2)19-11-9-8-10-12-19/h5-6,18-22,30H,1-2,7-17H2,3-4H3/t18-,20+,21+,22?,26-,27?/m1/s1. The van der Waals surface area contributed by atoms with Gasteiger partial charge in [0, 0.05) is 17.3 Å². The molecule has 4 aliphatic rings. The first-order valence-electron chi connectivity index (χ1n) is 13.1. The number of rotatable bonds is 10. The molecule has 1 aliphatic carbocycles. The minimum Gasteiger partial charge on any atom is -0.465 e. The summed E-state index contributed by atoms with van der Waals surface area (Å²) >= 11 is 1.64. The Morgan fingerprint density at radius 2 is 1.97 bits per heavy atom. The Hall–Kier alpha value is -1.80. The van der Waals surface area contributed by atoms with E-state index in [9.17, 15) is 19.5 Å². The molecule has 1 spiro atoms. The lowest BCUT2D eigenvalue weighted by molar-refractivity contribution is -0.156. The van der Waals surface area contributed by atoms with Crippen molar-refractivity contribution in [3.63, 3.8) is 0 Å². The quantitative estimate of drug-likeness (QED) is 0.279. The number of ether oxygens (including phenoxy) is 1. The molecule has 0 aromatic carbocycles. The predicted octanol–water partition coefficient (Wildman–Crippen LogP) is 3.32. The van der Waals surface area contributed by atoms with Gasteiger partial charge in [0.1, 0.15) is 6.04 Å². The molecule has 2 unspecified atom stereocenters. The highest BCUT2D eigenvalue weighted by Crippen LogP contribution is 2.71. The van der Waals surface area contributed by atoms with E-state index >= 15 is 0 Å². The SMILES string of the molecule is C=CCCOC(=O)[C@@H]1[C@H]2C(=O)N([C@H](C)CO)C(C(=O)N(CC=C)C3CCCCC3)C23CC[C@@]1(C)S3. The van der Waals surface area contributed by atoms with Gasteiger partial charge < -0.3 is 19.6 Å². The summed E-state index contributed by atoms with van der Waals surface area (Å²) in [5.74, 6) is -1.85. The minimum atomic E-state index is -0.707. The van der Waals surface area contributed by atoms with Crippen molar-refractivity contribution in [2.45, 2.75) is 92.8 Å². The Labute approximate surface area is 213 Å². The largest absolute Gasteiger partial charge is 0.465 e. The van der Waals surface area contributed by atoms with Crippen LogP contribution in [0.25, 0.3) is 0 Å². The molecule has 2 amide bonds. The molecular formula is C27H40N2O5S. The molecule has 7 nitrogen and oxygen atoms in total. The first-order valence-corrected chi connectivity index (χ1v) is 13.9. The predicted molar refractivity (Wildman–Crippen MR) is 137 cm³/mol. The molecule has 0 aromatic rings. The average Bonchev–Trinajstić information content (AvgIpc) is 3.43. The molecule has 0 aromatic heterocycles. The third kappa shape index (κ3) is 4.24. The molecule has 8 heteroatoms. The second kappa shape index (κ2) is 10.3. The van der Waals surface area contributed by atoms with E-state index in [1.807, 2.05) is 11.8 Å². The fourth-order valence-corrected chi connectivity index (χ4v) is 9.33. The number of carbonyl (C=O) groups is 3. The van der Waals surface area contributed by atoms with Crippen LogP contribution in [0.5, 0.6) is 0 Å². The van der Waals surface area contributed by atoms with E-state index in [1.165, 1.54) is 6.42 Å². The number of amides is 2. The fourth-order valence-electron chi connectivity index (χ4n) is 7.00. The molecular weight excluding hydrogens is 464 g/mol. The zero-order chi connectivity index (χ0) is 25.4. The minimum absolute atomic E-state index is 0.0645. The maximum atomic E-state index is 14.4. The second-order valence-corrected chi connectivity index (χ2v) is 12.7. The van der Waals surface area contributed by atoms with Crippen LogP contribution in [0.3, 0.4) is 0 Å². The highest BCUT2D eigenvalue weighted by atomic mass is 32.2. The van der Waals surface area contributed by atoms with E-state index in [4.69, 9.17) is 4.74 Å². The Morgan fingerprint density at radius 1 is 1.26 bits per heavy atom. The molecule has 1 N–H and O–H groups in total. The molecule has 35 heavy (non-hydrogen) atoms. The van der Waals surface area contributed by atoms with Crippen molar-refractivity contribution in [1.82, 2.24) is 9.80 Å². The Bertz CT molecular complexity index is 874. The smallest absolute Gasteiger partial charge is 0.311 e. The number of aliphatic hydroxyl groups is 1. The van der Waals surface area contributed by atoms with E-state index in [0.717, 1.165) is 32.1 Å². The van der Waals surface area contributed by atoms with E-state index in [-0.39, 0.29) is 37.0 Å². The number of esters is 1. The lowest BCUT2D eigenvalue weighted by Gasteiger charge is -2.42. The summed E-state index contributed by atoms with van der Waals surface area (Å²) in [6.45, 7) is 11.8. The van der Waals surface area contributed by atoms with E-state index in [1.54, 1.807) is 35.7 Å². The normalized spacial score (nSPS) is 35.0. The van der Waals surface area contributed by atoms with Crippen molar-refractivity contribution < 1.29 is 24.2 Å². The molecule has 1 saturated carbocycles. The molecule has 4 rings (SSSR count). The van der Waals surface area contributed by atoms with Crippen molar-refractivity contribution in [3.8, 4) is 0 Å². The lowest BCUT2D eigenvalue weighted by Crippen LogP contribution is -2.58. The molecule has 6 atom stereocenters. The first-order chi connectivity index (χ1) is 16.8. The van der Waals surface area contributed by atoms with Gasteiger partial charge in [-0.05, 0) is 46.0 Å². The van der Waals surface area contributed by atoms with E-state index in [2.05, 4.69) is 13.2 Å². The molecule has 2 bridgehead atoms. The van der Waals surface area contributed by atoms with Crippen LogP contribution in [0.15, 0.2) is 25.3 Å².